The van der Waals surface area contributed by atoms with Crippen LogP contribution in [-0.4, -0.2) is 18.4 Å². The Morgan fingerprint density at radius 3 is 2.69 bits per heavy atom. The van der Waals surface area contributed by atoms with Crippen LogP contribution in [0.5, 0.6) is 0 Å². The van der Waals surface area contributed by atoms with Gasteiger partial charge in [0.1, 0.15) is 11.2 Å². The predicted octanol–water partition coefficient (Wildman–Crippen LogP) is 4.89. The van der Waals surface area contributed by atoms with Crippen molar-refractivity contribution in [3.8, 4) is 0 Å². The summed E-state index contributed by atoms with van der Waals surface area (Å²) in [5.74, 6) is -0.554. The molecule has 29 heavy (non-hydrogen) atoms. The zero-order valence-electron chi connectivity index (χ0n) is 16.0. The Morgan fingerprint density at radius 2 is 1.83 bits per heavy atom. The first-order chi connectivity index (χ1) is 14.1. The smallest absolute Gasteiger partial charge is 0.229 e. The van der Waals surface area contributed by atoms with Crippen LogP contribution in [0.3, 0.4) is 0 Å². The largest absolute Gasteiger partial charge is 0.456 e. The predicted molar refractivity (Wildman–Crippen MR) is 114 cm³/mol. The molecule has 4 aromatic rings. The highest BCUT2D eigenvalue weighted by Gasteiger charge is 2.35. The third-order valence-electron chi connectivity index (χ3n) is 5.46. The summed E-state index contributed by atoms with van der Waals surface area (Å²) in [7, 11) is 0. The lowest BCUT2D eigenvalue weighted by Crippen LogP contribution is -2.28. The van der Waals surface area contributed by atoms with Crippen molar-refractivity contribution in [1.82, 2.24) is 0 Å². The number of anilines is 2. The molecule has 5 heteroatoms. The lowest BCUT2D eigenvalue weighted by atomic mass is 10.1. The number of benzene rings is 3. The highest BCUT2D eigenvalue weighted by Crippen LogP contribution is 2.31. The number of aryl methyl sites for hydroxylation is 1. The van der Waals surface area contributed by atoms with Crippen LogP contribution in [0.25, 0.3) is 21.9 Å². The molecule has 5 nitrogen and oxygen atoms in total. The normalized spacial score (nSPS) is 16.7. The fourth-order valence-corrected chi connectivity index (χ4v) is 3.98. The Kier molecular flexibility index (Phi) is 4.09. The molecule has 1 N–H and O–H groups in total. The monoisotopic (exact) mass is 384 g/mol. The molecule has 0 aliphatic carbocycles. The van der Waals surface area contributed by atoms with Crippen LogP contribution in [0.4, 0.5) is 11.4 Å². The fourth-order valence-electron chi connectivity index (χ4n) is 3.98. The first kappa shape index (κ1) is 17.5. The second kappa shape index (κ2) is 6.78. The molecule has 2 amide bonds. The molecule has 3 aromatic carbocycles. The summed E-state index contributed by atoms with van der Waals surface area (Å²) in [4.78, 5) is 26.9. The second-order valence-corrected chi connectivity index (χ2v) is 7.54. The molecule has 1 atom stereocenters. The lowest BCUT2D eigenvalue weighted by molar-refractivity contribution is -0.122. The highest BCUT2D eigenvalue weighted by atomic mass is 16.3. The van der Waals surface area contributed by atoms with Crippen molar-refractivity contribution in [3.05, 3.63) is 72.3 Å². The number of hydrogen-bond donors (Lipinski definition) is 1. The minimum Gasteiger partial charge on any atom is -0.456 e. The molecule has 1 aliphatic rings. The summed E-state index contributed by atoms with van der Waals surface area (Å²) in [6, 6.07) is 21.3. The Balaban J connectivity index is 1.35. The van der Waals surface area contributed by atoms with E-state index in [2.05, 4.69) is 5.32 Å². The van der Waals surface area contributed by atoms with E-state index in [4.69, 9.17) is 4.42 Å². The number of nitrogens with one attached hydrogen (secondary N) is 1. The van der Waals surface area contributed by atoms with Gasteiger partial charge >= 0.3 is 0 Å². The van der Waals surface area contributed by atoms with E-state index in [1.165, 1.54) is 0 Å². The van der Waals surface area contributed by atoms with Gasteiger partial charge in [0.25, 0.3) is 0 Å². The van der Waals surface area contributed by atoms with Crippen molar-refractivity contribution in [3.63, 3.8) is 0 Å². The Labute approximate surface area is 167 Å². The number of furan rings is 1. The molecular weight excluding hydrogens is 364 g/mol. The molecule has 0 unspecified atom stereocenters. The Bertz CT molecular complexity index is 1260. The van der Waals surface area contributed by atoms with Gasteiger partial charge in [0.2, 0.25) is 11.8 Å². The van der Waals surface area contributed by atoms with E-state index in [1.54, 1.807) is 4.90 Å². The van der Waals surface area contributed by atoms with Gasteiger partial charge in [-0.2, -0.15) is 0 Å². The van der Waals surface area contributed by atoms with Crippen molar-refractivity contribution in [1.29, 1.82) is 0 Å². The molecule has 144 valence electrons. The van der Waals surface area contributed by atoms with Crippen LogP contribution in [0.15, 0.2) is 71.1 Å². The molecular formula is C24H20N2O3. The van der Waals surface area contributed by atoms with Gasteiger partial charge in [-0.3, -0.25) is 9.59 Å². The average Bonchev–Trinajstić information content (AvgIpc) is 3.28. The van der Waals surface area contributed by atoms with Gasteiger partial charge in [0, 0.05) is 41.2 Å². The standard InChI is InChI=1S/C24H20N2O3/c1-15-5-4-6-18(11-15)26-14-16(12-23(26)27)24(28)25-17-9-10-20-19-7-2-3-8-21(19)29-22(20)13-17/h2-11,13,16H,12,14H2,1H3,(H,25,28)/t16-/m0/s1. The first-order valence-electron chi connectivity index (χ1n) is 9.68. The van der Waals surface area contributed by atoms with Gasteiger partial charge < -0.3 is 14.6 Å². The third-order valence-corrected chi connectivity index (χ3v) is 5.46. The quantitative estimate of drug-likeness (QED) is 0.547. The Hall–Kier alpha value is -3.60. The van der Waals surface area contributed by atoms with E-state index in [1.807, 2.05) is 73.7 Å². The summed E-state index contributed by atoms with van der Waals surface area (Å²) in [6.45, 7) is 2.38. The maximum absolute atomic E-state index is 12.8. The van der Waals surface area contributed by atoms with Crippen LogP contribution in [0, 0.1) is 12.8 Å². The van der Waals surface area contributed by atoms with Crippen LogP contribution in [-0.2, 0) is 9.59 Å². The van der Waals surface area contributed by atoms with E-state index >= 15 is 0 Å². The molecule has 2 heterocycles. The topological polar surface area (TPSA) is 62.6 Å². The number of carbonyl (C=O) groups is 2. The summed E-state index contributed by atoms with van der Waals surface area (Å²) < 4.78 is 5.89. The number of rotatable bonds is 3. The van der Waals surface area contributed by atoms with Crippen molar-refractivity contribution in [2.75, 3.05) is 16.8 Å². The lowest BCUT2D eigenvalue weighted by Gasteiger charge is -2.17. The third kappa shape index (κ3) is 3.14. The Morgan fingerprint density at radius 1 is 1.00 bits per heavy atom. The van der Waals surface area contributed by atoms with Gasteiger partial charge in [-0.15, -0.1) is 0 Å². The SMILES string of the molecule is Cc1cccc(N2C[C@@H](C(=O)Nc3ccc4c(c3)oc3ccccc34)CC2=O)c1. The van der Waals surface area contributed by atoms with Crippen molar-refractivity contribution in [2.24, 2.45) is 5.92 Å². The summed E-state index contributed by atoms with van der Waals surface area (Å²) in [5, 5.41) is 5.01. The van der Waals surface area contributed by atoms with E-state index in [0.717, 1.165) is 33.2 Å². The molecule has 0 spiro atoms. The second-order valence-electron chi connectivity index (χ2n) is 7.54. The van der Waals surface area contributed by atoms with Crippen LogP contribution < -0.4 is 10.2 Å². The molecule has 1 saturated heterocycles. The minimum absolute atomic E-state index is 0.0245. The molecule has 1 aromatic heterocycles. The molecule has 0 radical (unpaired) electrons. The van der Waals surface area contributed by atoms with E-state index in [9.17, 15) is 9.59 Å². The molecule has 0 bridgehead atoms. The van der Waals surface area contributed by atoms with Crippen molar-refractivity contribution >= 4 is 45.1 Å². The number of nitrogens with zero attached hydrogens (tertiary/aromatic N) is 1. The number of para-hydroxylation sites is 1. The fraction of sp³-hybridized carbons (Fsp3) is 0.167. The zero-order chi connectivity index (χ0) is 20.0. The highest BCUT2D eigenvalue weighted by molar-refractivity contribution is 6.07. The number of carbonyl (C=O) groups excluding carboxylic acids is 2. The minimum atomic E-state index is -0.380. The van der Waals surface area contributed by atoms with Crippen LogP contribution in [0.1, 0.15) is 12.0 Å². The van der Waals surface area contributed by atoms with E-state index < -0.39 is 0 Å². The first-order valence-corrected chi connectivity index (χ1v) is 9.68. The van der Waals surface area contributed by atoms with Crippen molar-refractivity contribution in [2.45, 2.75) is 13.3 Å². The maximum Gasteiger partial charge on any atom is 0.229 e. The van der Waals surface area contributed by atoms with Crippen LogP contribution in [0.2, 0.25) is 0 Å². The van der Waals surface area contributed by atoms with Gasteiger partial charge in [-0.25, -0.2) is 0 Å². The van der Waals surface area contributed by atoms with Gasteiger partial charge in [0.05, 0.1) is 5.92 Å². The van der Waals surface area contributed by atoms with Crippen molar-refractivity contribution < 1.29 is 14.0 Å². The molecule has 1 aliphatic heterocycles. The zero-order valence-corrected chi connectivity index (χ0v) is 16.0. The number of amides is 2. The number of hydrogen-bond acceptors (Lipinski definition) is 3. The number of fused-ring (bicyclic) bond motifs is 3. The van der Waals surface area contributed by atoms with E-state index in [0.29, 0.717) is 12.2 Å². The summed E-state index contributed by atoms with van der Waals surface area (Å²) in [6.07, 6.45) is 0.215. The maximum atomic E-state index is 12.8. The summed E-state index contributed by atoms with van der Waals surface area (Å²) >= 11 is 0. The van der Waals surface area contributed by atoms with E-state index in [-0.39, 0.29) is 24.2 Å². The molecule has 0 saturated carbocycles. The van der Waals surface area contributed by atoms with Gasteiger partial charge in [-0.1, -0.05) is 30.3 Å². The molecule has 1 fully saturated rings. The summed E-state index contributed by atoms with van der Waals surface area (Å²) in [5.41, 5.74) is 4.15. The average molecular weight is 384 g/mol. The van der Waals surface area contributed by atoms with Crippen LogP contribution >= 0.6 is 0 Å². The van der Waals surface area contributed by atoms with Gasteiger partial charge in [-0.05, 0) is 42.8 Å². The molecule has 5 rings (SSSR count). The van der Waals surface area contributed by atoms with Gasteiger partial charge in [0.15, 0.2) is 0 Å².